The van der Waals surface area contributed by atoms with Gasteiger partial charge in [0.15, 0.2) is 0 Å². The summed E-state index contributed by atoms with van der Waals surface area (Å²) >= 11 is 0. The predicted molar refractivity (Wildman–Crippen MR) is 88.9 cm³/mol. The average Bonchev–Trinajstić information content (AvgIpc) is 3.40. The summed E-state index contributed by atoms with van der Waals surface area (Å²) in [6, 6.07) is 9.92. The number of hydrogen-bond donors (Lipinski definition) is 2. The molecule has 0 aromatic heterocycles. The average molecular weight is 315 g/mol. The van der Waals surface area contributed by atoms with Gasteiger partial charge in [0, 0.05) is 25.0 Å². The molecule has 1 aliphatic carbocycles. The molecule has 2 N–H and O–H groups in total. The summed E-state index contributed by atoms with van der Waals surface area (Å²) in [5, 5.41) is 6.01. The van der Waals surface area contributed by atoms with Crippen molar-refractivity contribution in [3.63, 3.8) is 0 Å². The number of benzene rings is 1. The normalized spacial score (nSPS) is 20.0. The number of hydrogen-bond acceptors (Lipinski definition) is 2. The Hall–Kier alpha value is -2.04. The van der Waals surface area contributed by atoms with Crippen LogP contribution in [0.25, 0.3) is 0 Å². The SMILES string of the molecule is C[C@H](NC(=O)NC1CCN(C(=O)C2CC2)CC1)c1ccccc1. The molecule has 1 aliphatic heterocycles. The molecule has 2 fully saturated rings. The van der Waals surface area contributed by atoms with E-state index in [1.54, 1.807) is 0 Å². The molecule has 1 aromatic rings. The minimum absolute atomic E-state index is 0.0206. The second kappa shape index (κ2) is 7.02. The van der Waals surface area contributed by atoms with Gasteiger partial charge in [-0.2, -0.15) is 0 Å². The van der Waals surface area contributed by atoms with Crippen LogP contribution in [0.15, 0.2) is 30.3 Å². The summed E-state index contributed by atoms with van der Waals surface area (Å²) in [6.07, 6.45) is 3.78. The predicted octanol–water partition coefficient (Wildman–Crippen LogP) is 2.45. The highest BCUT2D eigenvalue weighted by Crippen LogP contribution is 2.31. The molecule has 1 heterocycles. The molecule has 0 unspecified atom stereocenters. The summed E-state index contributed by atoms with van der Waals surface area (Å²) < 4.78 is 0. The molecular weight excluding hydrogens is 290 g/mol. The third kappa shape index (κ3) is 4.24. The van der Waals surface area contributed by atoms with Crippen molar-refractivity contribution in [1.29, 1.82) is 0 Å². The Morgan fingerprint density at radius 3 is 2.35 bits per heavy atom. The lowest BCUT2D eigenvalue weighted by atomic mass is 10.0. The molecule has 2 aliphatic rings. The van der Waals surface area contributed by atoms with Crippen LogP contribution in [-0.2, 0) is 4.79 Å². The Morgan fingerprint density at radius 2 is 1.74 bits per heavy atom. The summed E-state index contributed by atoms with van der Waals surface area (Å²) in [5.74, 6) is 0.597. The van der Waals surface area contributed by atoms with Crippen molar-refractivity contribution in [3.8, 4) is 0 Å². The smallest absolute Gasteiger partial charge is 0.315 e. The Bertz CT molecular complexity index is 549. The van der Waals surface area contributed by atoms with E-state index in [4.69, 9.17) is 0 Å². The van der Waals surface area contributed by atoms with E-state index in [9.17, 15) is 9.59 Å². The second-order valence-electron chi connectivity index (χ2n) is 6.62. The standard InChI is InChI=1S/C18H25N3O2/c1-13(14-5-3-2-4-6-14)19-18(23)20-16-9-11-21(12-10-16)17(22)15-7-8-15/h2-6,13,15-16H,7-12H2,1H3,(H2,19,20,23)/t13-/m0/s1. The van der Waals surface area contributed by atoms with E-state index in [0.29, 0.717) is 5.91 Å². The van der Waals surface area contributed by atoms with Gasteiger partial charge in [0.1, 0.15) is 0 Å². The molecule has 124 valence electrons. The lowest BCUT2D eigenvalue weighted by Crippen LogP contribution is -2.49. The molecule has 0 bridgehead atoms. The van der Waals surface area contributed by atoms with Crippen LogP contribution in [0, 0.1) is 5.92 Å². The summed E-state index contributed by atoms with van der Waals surface area (Å²) in [6.45, 7) is 3.49. The fourth-order valence-corrected chi connectivity index (χ4v) is 3.08. The van der Waals surface area contributed by atoms with E-state index in [-0.39, 0.29) is 24.0 Å². The fraction of sp³-hybridized carbons (Fsp3) is 0.556. The van der Waals surface area contributed by atoms with E-state index in [2.05, 4.69) is 10.6 Å². The second-order valence-corrected chi connectivity index (χ2v) is 6.62. The summed E-state index contributed by atoms with van der Waals surface area (Å²) in [5.41, 5.74) is 1.09. The van der Waals surface area contributed by atoms with Gasteiger partial charge in [-0.15, -0.1) is 0 Å². The summed E-state index contributed by atoms with van der Waals surface area (Å²) in [4.78, 5) is 26.1. The first kappa shape index (κ1) is 15.8. The van der Waals surface area contributed by atoms with Crippen molar-refractivity contribution in [2.24, 2.45) is 5.92 Å². The molecule has 5 nitrogen and oxygen atoms in total. The van der Waals surface area contributed by atoms with Crippen molar-refractivity contribution in [1.82, 2.24) is 15.5 Å². The number of rotatable bonds is 4. The zero-order valence-corrected chi connectivity index (χ0v) is 13.6. The van der Waals surface area contributed by atoms with E-state index in [0.717, 1.165) is 44.3 Å². The fourth-order valence-electron chi connectivity index (χ4n) is 3.08. The molecule has 1 saturated carbocycles. The molecule has 23 heavy (non-hydrogen) atoms. The van der Waals surface area contributed by atoms with Crippen molar-refractivity contribution < 1.29 is 9.59 Å². The van der Waals surface area contributed by atoms with Gasteiger partial charge in [-0.3, -0.25) is 4.79 Å². The van der Waals surface area contributed by atoms with Gasteiger partial charge in [0.2, 0.25) is 5.91 Å². The number of urea groups is 1. The molecule has 1 saturated heterocycles. The zero-order chi connectivity index (χ0) is 16.2. The van der Waals surface area contributed by atoms with E-state index < -0.39 is 0 Å². The van der Waals surface area contributed by atoms with E-state index in [1.807, 2.05) is 42.2 Å². The van der Waals surface area contributed by atoms with Gasteiger partial charge >= 0.3 is 6.03 Å². The first-order valence-corrected chi connectivity index (χ1v) is 8.54. The minimum Gasteiger partial charge on any atom is -0.342 e. The van der Waals surface area contributed by atoms with Gasteiger partial charge < -0.3 is 15.5 Å². The van der Waals surface area contributed by atoms with Crippen LogP contribution in [-0.4, -0.2) is 36.0 Å². The van der Waals surface area contributed by atoms with Crippen molar-refractivity contribution in [2.45, 2.75) is 44.7 Å². The maximum Gasteiger partial charge on any atom is 0.315 e. The molecule has 5 heteroatoms. The maximum atomic E-state index is 12.1. The van der Waals surface area contributed by atoms with Gasteiger partial charge in [0.25, 0.3) is 0 Å². The third-order valence-electron chi connectivity index (χ3n) is 4.72. The first-order valence-electron chi connectivity index (χ1n) is 8.54. The lowest BCUT2D eigenvalue weighted by molar-refractivity contribution is -0.133. The number of amides is 3. The van der Waals surface area contributed by atoms with Crippen LogP contribution in [0.4, 0.5) is 4.79 Å². The highest BCUT2D eigenvalue weighted by molar-refractivity contribution is 5.81. The van der Waals surface area contributed by atoms with Crippen LogP contribution < -0.4 is 10.6 Å². The van der Waals surface area contributed by atoms with Crippen molar-refractivity contribution in [3.05, 3.63) is 35.9 Å². The van der Waals surface area contributed by atoms with Crippen LogP contribution in [0.5, 0.6) is 0 Å². The Balaban J connectivity index is 1.41. The van der Waals surface area contributed by atoms with Crippen LogP contribution in [0.2, 0.25) is 0 Å². The Labute approximate surface area is 137 Å². The number of likely N-dealkylation sites (tertiary alicyclic amines) is 1. The monoisotopic (exact) mass is 315 g/mol. The topological polar surface area (TPSA) is 61.4 Å². The van der Waals surface area contributed by atoms with E-state index in [1.165, 1.54) is 0 Å². The van der Waals surface area contributed by atoms with Gasteiger partial charge in [-0.25, -0.2) is 4.79 Å². The number of carbonyl (C=O) groups is 2. The van der Waals surface area contributed by atoms with Crippen LogP contribution in [0.3, 0.4) is 0 Å². The van der Waals surface area contributed by atoms with Crippen molar-refractivity contribution in [2.75, 3.05) is 13.1 Å². The number of nitrogens with one attached hydrogen (secondary N) is 2. The zero-order valence-electron chi connectivity index (χ0n) is 13.6. The van der Waals surface area contributed by atoms with Gasteiger partial charge in [-0.05, 0) is 38.2 Å². The first-order chi connectivity index (χ1) is 11.1. The molecule has 1 atom stereocenters. The lowest BCUT2D eigenvalue weighted by Gasteiger charge is -2.32. The Morgan fingerprint density at radius 1 is 1.09 bits per heavy atom. The summed E-state index contributed by atoms with van der Waals surface area (Å²) in [7, 11) is 0. The quantitative estimate of drug-likeness (QED) is 0.896. The van der Waals surface area contributed by atoms with Crippen LogP contribution in [0.1, 0.15) is 44.2 Å². The number of nitrogens with zero attached hydrogens (tertiary/aromatic N) is 1. The molecule has 0 spiro atoms. The largest absolute Gasteiger partial charge is 0.342 e. The molecular formula is C18H25N3O2. The minimum atomic E-state index is -0.131. The molecule has 0 radical (unpaired) electrons. The highest BCUT2D eigenvalue weighted by Gasteiger charge is 2.35. The molecule has 3 amide bonds. The highest BCUT2D eigenvalue weighted by atomic mass is 16.2. The molecule has 1 aromatic carbocycles. The molecule has 3 rings (SSSR count). The third-order valence-corrected chi connectivity index (χ3v) is 4.72. The number of carbonyl (C=O) groups excluding carboxylic acids is 2. The maximum absolute atomic E-state index is 12.1. The van der Waals surface area contributed by atoms with Crippen molar-refractivity contribution >= 4 is 11.9 Å². The van der Waals surface area contributed by atoms with E-state index >= 15 is 0 Å². The number of piperidine rings is 1. The van der Waals surface area contributed by atoms with Gasteiger partial charge in [0.05, 0.1) is 6.04 Å². The van der Waals surface area contributed by atoms with Gasteiger partial charge in [-0.1, -0.05) is 30.3 Å². The van der Waals surface area contributed by atoms with Crippen LogP contribution >= 0.6 is 0 Å². The Kier molecular flexibility index (Phi) is 4.84.